The van der Waals surface area contributed by atoms with Crippen LogP contribution in [0, 0.1) is 11.2 Å². The number of carbonyl (C=O) groups is 3. The van der Waals surface area contributed by atoms with Gasteiger partial charge in [0.2, 0.25) is 0 Å². The summed E-state index contributed by atoms with van der Waals surface area (Å²) >= 11 is 0. The van der Waals surface area contributed by atoms with Gasteiger partial charge in [0.15, 0.2) is 17.3 Å². The van der Waals surface area contributed by atoms with E-state index in [2.05, 4.69) is 0 Å². The summed E-state index contributed by atoms with van der Waals surface area (Å²) in [6.07, 6.45) is 3.73. The van der Waals surface area contributed by atoms with Gasteiger partial charge in [0.05, 0.1) is 12.1 Å². The number of anilines is 1. The molecule has 3 atom stereocenters. The normalized spacial score (nSPS) is 24.1. The van der Waals surface area contributed by atoms with Crippen molar-refractivity contribution in [3.05, 3.63) is 107 Å². The highest BCUT2D eigenvalue weighted by atomic mass is 19.1. The van der Waals surface area contributed by atoms with E-state index in [4.69, 9.17) is 0 Å². The van der Waals surface area contributed by atoms with E-state index >= 15 is 4.39 Å². The zero-order valence-corrected chi connectivity index (χ0v) is 17.9. The van der Waals surface area contributed by atoms with Crippen molar-refractivity contribution in [2.24, 2.45) is 5.41 Å². The van der Waals surface area contributed by atoms with Crippen LogP contribution in [0.3, 0.4) is 0 Å². The second-order valence-electron chi connectivity index (χ2n) is 8.90. The Kier molecular flexibility index (Phi) is 4.09. The summed E-state index contributed by atoms with van der Waals surface area (Å²) in [7, 11) is 0. The lowest BCUT2D eigenvalue weighted by Gasteiger charge is -2.37. The molecule has 0 radical (unpaired) electrons. The van der Waals surface area contributed by atoms with Crippen molar-refractivity contribution < 1.29 is 18.8 Å². The predicted octanol–water partition coefficient (Wildman–Crippen LogP) is 4.85. The van der Waals surface area contributed by atoms with Crippen LogP contribution in [0.4, 0.5) is 10.1 Å². The maximum Gasteiger partial charge on any atom is 0.180 e. The van der Waals surface area contributed by atoms with Gasteiger partial charge in [-0.3, -0.25) is 14.4 Å². The lowest BCUT2D eigenvalue weighted by molar-refractivity contribution is -0.118. The van der Waals surface area contributed by atoms with E-state index in [9.17, 15) is 14.4 Å². The first kappa shape index (κ1) is 19.8. The number of benzene rings is 3. The van der Waals surface area contributed by atoms with Crippen LogP contribution in [0.15, 0.2) is 78.9 Å². The number of fused-ring (bicyclic) bond motifs is 5. The smallest absolute Gasteiger partial charge is 0.180 e. The van der Waals surface area contributed by atoms with Gasteiger partial charge in [0.25, 0.3) is 0 Å². The molecule has 5 heteroatoms. The molecule has 3 aliphatic rings. The molecular formula is C28H20FNO3. The number of hydrogen-bond donors (Lipinski definition) is 0. The van der Waals surface area contributed by atoms with E-state index in [1.54, 1.807) is 42.5 Å². The number of para-hydroxylation sites is 1. The highest BCUT2D eigenvalue weighted by Crippen LogP contribution is 2.60. The number of rotatable bonds is 2. The molecule has 6 rings (SSSR count). The summed E-state index contributed by atoms with van der Waals surface area (Å²) in [5.41, 5.74) is 0.902. The Morgan fingerprint density at radius 1 is 0.879 bits per heavy atom. The molecule has 1 spiro atoms. The lowest BCUT2D eigenvalue weighted by Crippen LogP contribution is -2.48. The molecule has 0 bridgehead atoms. The van der Waals surface area contributed by atoms with E-state index in [0.29, 0.717) is 11.1 Å². The number of Topliss-reactive ketones (excluding diaryl/α,β-unsaturated/α-hetero) is 3. The molecule has 162 valence electrons. The number of nitrogens with zero attached hydrogens (tertiary/aromatic N) is 1. The topological polar surface area (TPSA) is 54.5 Å². The summed E-state index contributed by atoms with van der Waals surface area (Å²) < 4.78 is 15.3. The van der Waals surface area contributed by atoms with E-state index < -0.39 is 29.2 Å². The van der Waals surface area contributed by atoms with Gasteiger partial charge >= 0.3 is 0 Å². The van der Waals surface area contributed by atoms with Gasteiger partial charge in [-0.1, -0.05) is 72.8 Å². The molecule has 2 aliphatic heterocycles. The molecule has 33 heavy (non-hydrogen) atoms. The van der Waals surface area contributed by atoms with E-state index in [-0.39, 0.29) is 22.9 Å². The zero-order chi connectivity index (χ0) is 22.9. The highest BCUT2D eigenvalue weighted by Gasteiger charge is 2.71. The van der Waals surface area contributed by atoms with Crippen LogP contribution in [0.2, 0.25) is 0 Å². The number of ketones is 3. The van der Waals surface area contributed by atoms with Crippen LogP contribution in [0.25, 0.3) is 6.08 Å². The highest BCUT2D eigenvalue weighted by molar-refractivity contribution is 6.32. The molecule has 3 aromatic carbocycles. The molecule has 0 N–H and O–H groups in total. The van der Waals surface area contributed by atoms with Gasteiger partial charge in [-0.15, -0.1) is 0 Å². The summed E-state index contributed by atoms with van der Waals surface area (Å²) in [4.78, 5) is 43.4. The Labute approximate surface area is 190 Å². The second-order valence-corrected chi connectivity index (χ2v) is 8.90. The van der Waals surface area contributed by atoms with Crippen molar-refractivity contribution in [2.75, 3.05) is 4.90 Å². The number of halogens is 1. The van der Waals surface area contributed by atoms with Gasteiger partial charge in [-0.2, -0.15) is 0 Å². The minimum Gasteiger partial charge on any atom is -0.352 e. The molecule has 0 saturated carbocycles. The SMILES string of the molecule is CC(=O)[C@@H]1[C@H](c2ccccc2F)C2(C(=O)c3ccccc3C2=O)[C@@H]2C=Cc3ccccc3N12. The molecule has 1 fully saturated rings. The number of hydrogen-bond acceptors (Lipinski definition) is 4. The van der Waals surface area contributed by atoms with Gasteiger partial charge in [0, 0.05) is 22.7 Å². The zero-order valence-electron chi connectivity index (χ0n) is 17.9. The summed E-state index contributed by atoms with van der Waals surface area (Å²) in [5, 5.41) is 0. The second kappa shape index (κ2) is 6.82. The predicted molar refractivity (Wildman–Crippen MR) is 123 cm³/mol. The summed E-state index contributed by atoms with van der Waals surface area (Å²) in [6, 6.07) is 18.9. The average Bonchev–Trinajstić information content (AvgIpc) is 3.26. The van der Waals surface area contributed by atoms with Crippen molar-refractivity contribution in [2.45, 2.75) is 24.9 Å². The first-order chi connectivity index (χ1) is 16.0. The van der Waals surface area contributed by atoms with E-state index in [0.717, 1.165) is 11.3 Å². The lowest BCUT2D eigenvalue weighted by atomic mass is 9.64. The van der Waals surface area contributed by atoms with Crippen LogP contribution in [-0.2, 0) is 4.79 Å². The average molecular weight is 437 g/mol. The van der Waals surface area contributed by atoms with Crippen LogP contribution < -0.4 is 4.90 Å². The Hall–Kier alpha value is -3.86. The Morgan fingerprint density at radius 2 is 1.48 bits per heavy atom. The third kappa shape index (κ3) is 2.37. The van der Waals surface area contributed by atoms with Gasteiger partial charge in [0.1, 0.15) is 11.2 Å². The number of carbonyl (C=O) groups excluding carboxylic acids is 3. The first-order valence-electron chi connectivity index (χ1n) is 11.0. The Balaban J connectivity index is 1.71. The van der Waals surface area contributed by atoms with Gasteiger partial charge < -0.3 is 4.90 Å². The molecule has 0 unspecified atom stereocenters. The fourth-order valence-electron chi connectivity index (χ4n) is 6.14. The van der Waals surface area contributed by atoms with Crippen LogP contribution in [0.5, 0.6) is 0 Å². The summed E-state index contributed by atoms with van der Waals surface area (Å²) in [6.45, 7) is 1.45. The van der Waals surface area contributed by atoms with Crippen LogP contribution in [-0.4, -0.2) is 29.4 Å². The first-order valence-corrected chi connectivity index (χ1v) is 11.0. The van der Waals surface area contributed by atoms with E-state index in [1.165, 1.54) is 13.0 Å². The van der Waals surface area contributed by atoms with Gasteiger partial charge in [-0.05, 0) is 30.2 Å². The van der Waals surface area contributed by atoms with Crippen molar-refractivity contribution >= 4 is 29.1 Å². The molecule has 1 aliphatic carbocycles. The fourth-order valence-corrected chi connectivity index (χ4v) is 6.14. The van der Waals surface area contributed by atoms with Crippen molar-refractivity contribution in [1.29, 1.82) is 0 Å². The Bertz CT molecular complexity index is 1360. The van der Waals surface area contributed by atoms with Crippen molar-refractivity contribution in [3.8, 4) is 0 Å². The molecule has 0 aromatic heterocycles. The minimum atomic E-state index is -1.63. The monoisotopic (exact) mass is 437 g/mol. The summed E-state index contributed by atoms with van der Waals surface area (Å²) in [5.74, 6) is -2.41. The van der Waals surface area contributed by atoms with Gasteiger partial charge in [-0.25, -0.2) is 4.39 Å². The third-order valence-corrected chi connectivity index (χ3v) is 7.37. The maximum atomic E-state index is 15.3. The largest absolute Gasteiger partial charge is 0.352 e. The van der Waals surface area contributed by atoms with Crippen molar-refractivity contribution in [1.82, 2.24) is 0 Å². The standard InChI is InChI=1S/C28H20FNO3/c1-16(31)25-24(20-11-5-6-12-21(20)29)28(26(32)18-9-3-4-10-19(18)27(28)33)23-15-14-17-8-2-7-13-22(17)30(23)25/h2-15,23-25H,1H3/t23-,24-,25+/m0/s1. The van der Waals surface area contributed by atoms with Crippen LogP contribution in [0.1, 0.15) is 44.7 Å². The minimum absolute atomic E-state index is 0.215. The Morgan fingerprint density at radius 3 is 2.15 bits per heavy atom. The quantitative estimate of drug-likeness (QED) is 0.538. The van der Waals surface area contributed by atoms with Crippen molar-refractivity contribution in [3.63, 3.8) is 0 Å². The van der Waals surface area contributed by atoms with Crippen LogP contribution >= 0.6 is 0 Å². The molecule has 3 aromatic rings. The fraction of sp³-hybridized carbons (Fsp3) is 0.179. The molecule has 0 amide bonds. The third-order valence-electron chi connectivity index (χ3n) is 7.37. The molecule has 1 saturated heterocycles. The molecular weight excluding hydrogens is 417 g/mol. The van der Waals surface area contributed by atoms with E-state index in [1.807, 2.05) is 41.3 Å². The molecule has 2 heterocycles. The maximum absolute atomic E-state index is 15.3. The molecule has 4 nitrogen and oxygen atoms in total.